The lowest BCUT2D eigenvalue weighted by molar-refractivity contribution is 0.507. The second kappa shape index (κ2) is 14.8. The van der Waals surface area contributed by atoms with Crippen molar-refractivity contribution in [3.8, 4) is 16.8 Å². The molecule has 0 aliphatic heterocycles. The molecule has 1 spiro atoms. The minimum Gasteiger partial charge on any atom is -0.310 e. The van der Waals surface area contributed by atoms with E-state index >= 15 is 0 Å². The first-order valence-corrected chi connectivity index (χ1v) is 21.9. The first-order valence-electron chi connectivity index (χ1n) is 21.9. The van der Waals surface area contributed by atoms with Crippen molar-refractivity contribution in [1.29, 1.82) is 0 Å². The van der Waals surface area contributed by atoms with Crippen molar-refractivity contribution in [2.45, 2.75) is 31.1 Å². The van der Waals surface area contributed by atoms with Crippen LogP contribution in [-0.2, 0) is 18.3 Å². The molecule has 0 fully saturated rings. The summed E-state index contributed by atoms with van der Waals surface area (Å²) in [5, 5.41) is 2.50. The van der Waals surface area contributed by atoms with E-state index in [-0.39, 0.29) is 5.41 Å². The SMILES string of the molecule is c1ccc(-c2cccc(N(c3ccccc3)c3ccc4c(c3)[C@@]3(CC4)CCc4ccc(N(c5ccccc5)c5ccc6c(c5)c5ccccc5n6-c5ccccc5)cc43)c2)cc1. The molecule has 1 heterocycles. The Hall–Kier alpha value is -7.62. The second-order valence-electron chi connectivity index (χ2n) is 16.9. The van der Waals surface area contributed by atoms with Crippen LogP contribution in [0.15, 0.2) is 224 Å². The van der Waals surface area contributed by atoms with Gasteiger partial charge in [-0.25, -0.2) is 0 Å². The summed E-state index contributed by atoms with van der Waals surface area (Å²) in [5.41, 5.74) is 18.9. The number of nitrogens with zero attached hydrogens (tertiary/aromatic N) is 3. The van der Waals surface area contributed by atoms with E-state index < -0.39 is 0 Å². The molecule has 0 saturated heterocycles. The Bertz CT molecular complexity index is 3240. The Balaban J connectivity index is 0.983. The maximum Gasteiger partial charge on any atom is 0.0542 e. The quantitative estimate of drug-likeness (QED) is 0.152. The lowest BCUT2D eigenvalue weighted by Gasteiger charge is -2.31. The van der Waals surface area contributed by atoms with Gasteiger partial charge in [0.25, 0.3) is 0 Å². The lowest BCUT2D eigenvalue weighted by atomic mass is 9.76. The molecule has 0 saturated carbocycles. The summed E-state index contributed by atoms with van der Waals surface area (Å²) in [6.07, 6.45) is 4.40. The lowest BCUT2D eigenvalue weighted by Crippen LogP contribution is -2.22. The number of hydrogen-bond acceptors (Lipinski definition) is 2. The van der Waals surface area contributed by atoms with E-state index in [4.69, 9.17) is 0 Å². The highest BCUT2D eigenvalue weighted by Crippen LogP contribution is 2.55. The Morgan fingerprint density at radius 1 is 0.339 bits per heavy atom. The fourth-order valence-electron chi connectivity index (χ4n) is 10.7. The van der Waals surface area contributed by atoms with Crippen molar-refractivity contribution in [1.82, 2.24) is 4.57 Å². The molecule has 12 rings (SSSR count). The van der Waals surface area contributed by atoms with Gasteiger partial charge in [0.1, 0.15) is 0 Å². The maximum absolute atomic E-state index is 2.53. The van der Waals surface area contributed by atoms with Crippen LogP contribution in [0.3, 0.4) is 0 Å². The van der Waals surface area contributed by atoms with Gasteiger partial charge in [-0.1, -0.05) is 127 Å². The van der Waals surface area contributed by atoms with Crippen LogP contribution >= 0.6 is 0 Å². The molecular weight excluding hydrogens is 751 g/mol. The third-order valence-corrected chi connectivity index (χ3v) is 13.5. The zero-order valence-corrected chi connectivity index (χ0v) is 34.5. The van der Waals surface area contributed by atoms with Gasteiger partial charge in [0, 0.05) is 56.0 Å². The van der Waals surface area contributed by atoms with Crippen molar-refractivity contribution in [2.75, 3.05) is 9.80 Å². The number of aryl methyl sites for hydroxylation is 2. The summed E-state index contributed by atoms with van der Waals surface area (Å²) in [4.78, 5) is 4.90. The number of aromatic nitrogens is 1. The molecule has 0 amide bonds. The smallest absolute Gasteiger partial charge is 0.0542 e. The molecule has 3 heteroatoms. The van der Waals surface area contributed by atoms with E-state index in [1.54, 1.807) is 0 Å². The van der Waals surface area contributed by atoms with Crippen molar-refractivity contribution in [3.63, 3.8) is 0 Å². The standard InChI is InChI=1S/C59H45N3/c1-5-16-42(17-6-1)45-18-15-25-49(38-45)60(46-19-7-2-8-20-46)51-30-28-43-34-36-59(55(43)40-51)37-35-44-29-31-52(41-56(44)59)61(47-21-9-3-10-22-47)50-32-33-58-54(39-50)53-26-13-14-27-57(53)62(58)48-23-11-4-12-24-48/h1-33,38-41H,34-37H2/t59-/m1/s1. The average Bonchev–Trinajstić information content (AvgIpc) is 4.02. The zero-order valence-electron chi connectivity index (χ0n) is 34.5. The molecule has 0 radical (unpaired) electrons. The number of fused-ring (bicyclic) bond motifs is 7. The average molecular weight is 796 g/mol. The van der Waals surface area contributed by atoms with Gasteiger partial charge < -0.3 is 14.4 Å². The fourth-order valence-corrected chi connectivity index (χ4v) is 10.7. The van der Waals surface area contributed by atoms with Crippen LogP contribution < -0.4 is 9.80 Å². The summed E-state index contributed by atoms with van der Waals surface area (Å²) in [5.74, 6) is 0. The van der Waals surface area contributed by atoms with E-state index in [0.29, 0.717) is 0 Å². The summed E-state index contributed by atoms with van der Waals surface area (Å²) in [6, 6.07) is 82.5. The summed E-state index contributed by atoms with van der Waals surface area (Å²) in [7, 11) is 0. The molecular formula is C59H45N3. The summed E-state index contributed by atoms with van der Waals surface area (Å²) in [6.45, 7) is 0. The van der Waals surface area contributed by atoms with Gasteiger partial charge in [0.2, 0.25) is 0 Å². The Morgan fingerprint density at radius 3 is 1.44 bits per heavy atom. The third kappa shape index (κ3) is 5.96. The highest BCUT2D eigenvalue weighted by atomic mass is 15.1. The molecule has 0 N–H and O–H groups in total. The highest BCUT2D eigenvalue weighted by Gasteiger charge is 2.45. The van der Waals surface area contributed by atoms with E-state index in [2.05, 4.69) is 239 Å². The molecule has 1 atom stereocenters. The van der Waals surface area contributed by atoms with Crippen LogP contribution in [0.4, 0.5) is 34.1 Å². The van der Waals surface area contributed by atoms with Gasteiger partial charge in [-0.3, -0.25) is 0 Å². The number of rotatable bonds is 8. The van der Waals surface area contributed by atoms with Crippen LogP contribution in [0.25, 0.3) is 38.6 Å². The van der Waals surface area contributed by atoms with Crippen molar-refractivity contribution in [2.24, 2.45) is 0 Å². The Kier molecular flexibility index (Phi) is 8.67. The normalized spacial score (nSPS) is 15.2. The van der Waals surface area contributed by atoms with Crippen LogP contribution in [0.1, 0.15) is 35.1 Å². The van der Waals surface area contributed by atoms with Crippen LogP contribution in [0.2, 0.25) is 0 Å². The van der Waals surface area contributed by atoms with E-state index in [0.717, 1.165) is 48.4 Å². The Labute approximate surface area is 363 Å². The summed E-state index contributed by atoms with van der Waals surface area (Å²) >= 11 is 0. The van der Waals surface area contributed by atoms with Crippen LogP contribution in [0.5, 0.6) is 0 Å². The predicted molar refractivity (Wildman–Crippen MR) is 259 cm³/mol. The van der Waals surface area contributed by atoms with Gasteiger partial charge in [-0.2, -0.15) is 0 Å². The molecule has 296 valence electrons. The molecule has 0 unspecified atom stereocenters. The maximum atomic E-state index is 2.53. The van der Waals surface area contributed by atoms with E-state index in [1.807, 2.05) is 0 Å². The molecule has 10 aromatic rings. The Morgan fingerprint density at radius 2 is 0.806 bits per heavy atom. The van der Waals surface area contributed by atoms with Gasteiger partial charge in [0.05, 0.1) is 11.0 Å². The van der Waals surface area contributed by atoms with Gasteiger partial charge >= 0.3 is 0 Å². The van der Waals surface area contributed by atoms with Gasteiger partial charge in [-0.05, 0) is 156 Å². The fraction of sp³-hybridized carbons (Fsp3) is 0.0847. The van der Waals surface area contributed by atoms with Crippen molar-refractivity contribution in [3.05, 3.63) is 247 Å². The topological polar surface area (TPSA) is 11.4 Å². The predicted octanol–water partition coefficient (Wildman–Crippen LogP) is 15.6. The third-order valence-electron chi connectivity index (χ3n) is 13.5. The number of anilines is 6. The molecule has 2 aliphatic carbocycles. The van der Waals surface area contributed by atoms with E-state index in [9.17, 15) is 0 Å². The van der Waals surface area contributed by atoms with E-state index in [1.165, 1.54) is 72.2 Å². The number of benzene rings is 9. The highest BCUT2D eigenvalue weighted by molar-refractivity contribution is 6.10. The monoisotopic (exact) mass is 795 g/mol. The second-order valence-corrected chi connectivity index (χ2v) is 16.9. The summed E-state index contributed by atoms with van der Waals surface area (Å²) < 4.78 is 2.39. The minimum atomic E-state index is -0.0552. The van der Waals surface area contributed by atoms with Gasteiger partial charge in [0.15, 0.2) is 0 Å². The first-order chi connectivity index (χ1) is 30.7. The molecule has 9 aromatic carbocycles. The molecule has 2 aliphatic rings. The molecule has 62 heavy (non-hydrogen) atoms. The van der Waals surface area contributed by atoms with Crippen molar-refractivity contribution >= 4 is 55.9 Å². The first kappa shape index (κ1) is 36.2. The van der Waals surface area contributed by atoms with Crippen LogP contribution in [-0.4, -0.2) is 4.57 Å². The van der Waals surface area contributed by atoms with Crippen molar-refractivity contribution < 1.29 is 0 Å². The largest absolute Gasteiger partial charge is 0.310 e. The minimum absolute atomic E-state index is 0.0552. The number of para-hydroxylation sites is 4. The molecule has 0 bridgehead atoms. The molecule has 3 nitrogen and oxygen atoms in total. The molecule has 1 aromatic heterocycles. The number of hydrogen-bond donors (Lipinski definition) is 0. The van der Waals surface area contributed by atoms with Gasteiger partial charge in [-0.15, -0.1) is 0 Å². The van der Waals surface area contributed by atoms with Crippen LogP contribution in [0, 0.1) is 0 Å². The zero-order chi connectivity index (χ0) is 41.0.